The first-order chi connectivity index (χ1) is 14.9. The molecule has 0 radical (unpaired) electrons. The molecule has 0 unspecified atom stereocenters. The molecule has 8 heteroatoms. The largest absolute Gasteiger partial charge is 0.483 e. The average Bonchev–Trinajstić information content (AvgIpc) is 2.78. The molecule has 0 spiro atoms. The Morgan fingerprint density at radius 2 is 1.61 bits per heavy atom. The highest BCUT2D eigenvalue weighted by molar-refractivity contribution is 9.10. The Balaban J connectivity index is 1.44. The van der Waals surface area contributed by atoms with Crippen LogP contribution in [0.5, 0.6) is 5.75 Å². The number of hydrazine groups is 1. The third-order valence-corrected chi connectivity index (χ3v) is 4.99. The number of hydrogen-bond acceptors (Lipinski definition) is 4. The van der Waals surface area contributed by atoms with Crippen LogP contribution in [-0.4, -0.2) is 23.5 Å². The summed E-state index contributed by atoms with van der Waals surface area (Å²) in [5, 5.41) is 2.50. The van der Waals surface area contributed by atoms with Gasteiger partial charge in [0.15, 0.2) is 11.7 Å². The maximum atomic E-state index is 12.3. The van der Waals surface area contributed by atoms with Crippen molar-refractivity contribution < 1.29 is 14.3 Å². The highest BCUT2D eigenvalue weighted by Crippen LogP contribution is 2.22. The van der Waals surface area contributed by atoms with Crippen LogP contribution >= 0.6 is 28.1 Å². The van der Waals surface area contributed by atoms with Crippen molar-refractivity contribution in [1.82, 2.24) is 16.2 Å². The van der Waals surface area contributed by atoms with Crippen molar-refractivity contribution in [3.63, 3.8) is 0 Å². The predicted molar refractivity (Wildman–Crippen MR) is 128 cm³/mol. The molecule has 158 valence electrons. The number of carbonyl (C=O) groups excluding carboxylic acids is 2. The van der Waals surface area contributed by atoms with Gasteiger partial charge in [-0.1, -0.05) is 58.4 Å². The molecule has 0 heterocycles. The van der Waals surface area contributed by atoms with Gasteiger partial charge < -0.3 is 4.74 Å². The molecule has 3 N–H and O–H groups in total. The van der Waals surface area contributed by atoms with Gasteiger partial charge in [0, 0.05) is 10.0 Å². The number of ether oxygens (including phenoxy) is 1. The SMILES string of the molecule is Cc1cc(Br)ccc1OCC(=O)NNC(=S)NC(=O)c1ccc(-c2ccccc2)cc1. The van der Waals surface area contributed by atoms with Gasteiger partial charge in [-0.25, -0.2) is 0 Å². The maximum absolute atomic E-state index is 12.3. The summed E-state index contributed by atoms with van der Waals surface area (Å²) in [6, 6.07) is 22.5. The lowest BCUT2D eigenvalue weighted by molar-refractivity contribution is -0.123. The van der Waals surface area contributed by atoms with Gasteiger partial charge in [-0.15, -0.1) is 0 Å². The molecule has 6 nitrogen and oxygen atoms in total. The standard InChI is InChI=1S/C23H20BrN3O3S/c1-15-13-19(24)11-12-20(15)30-14-21(28)26-27-23(31)25-22(29)18-9-7-17(8-10-18)16-5-3-2-4-6-16/h2-13H,14H2,1H3,(H,26,28)(H2,25,27,29,31). The first-order valence-corrected chi connectivity index (χ1v) is 10.6. The van der Waals surface area contributed by atoms with E-state index in [9.17, 15) is 9.59 Å². The summed E-state index contributed by atoms with van der Waals surface area (Å²) in [5.74, 6) is -0.215. The average molecular weight is 498 g/mol. The molecule has 3 rings (SSSR count). The van der Waals surface area contributed by atoms with Crippen LogP contribution < -0.4 is 20.9 Å². The van der Waals surface area contributed by atoms with E-state index in [0.29, 0.717) is 11.3 Å². The molecule has 3 aromatic rings. The van der Waals surface area contributed by atoms with Gasteiger partial charge in [0.2, 0.25) is 0 Å². The Labute approximate surface area is 194 Å². The third kappa shape index (κ3) is 6.63. The fraction of sp³-hybridized carbons (Fsp3) is 0.0870. The smallest absolute Gasteiger partial charge is 0.276 e. The second kappa shape index (κ2) is 10.7. The van der Waals surface area contributed by atoms with Crippen molar-refractivity contribution in [3.05, 3.63) is 88.4 Å². The Bertz CT molecular complexity index is 1090. The van der Waals surface area contributed by atoms with Crippen LogP contribution in [0.15, 0.2) is 77.3 Å². The van der Waals surface area contributed by atoms with E-state index >= 15 is 0 Å². The summed E-state index contributed by atoms with van der Waals surface area (Å²) >= 11 is 8.43. The number of thiocarbonyl (C=S) groups is 1. The number of halogens is 1. The second-order valence-electron chi connectivity index (χ2n) is 6.60. The van der Waals surface area contributed by atoms with Crippen LogP contribution in [0.3, 0.4) is 0 Å². The van der Waals surface area contributed by atoms with Gasteiger partial charge in [0.1, 0.15) is 5.75 Å². The lowest BCUT2D eigenvalue weighted by Gasteiger charge is -2.12. The summed E-state index contributed by atoms with van der Waals surface area (Å²) in [4.78, 5) is 24.3. The molecule has 31 heavy (non-hydrogen) atoms. The van der Waals surface area contributed by atoms with E-state index in [4.69, 9.17) is 17.0 Å². The number of rotatable bonds is 5. The molecule has 0 aliphatic rings. The first-order valence-electron chi connectivity index (χ1n) is 9.37. The molecule has 0 aliphatic carbocycles. The fourth-order valence-electron chi connectivity index (χ4n) is 2.73. The van der Waals surface area contributed by atoms with E-state index < -0.39 is 5.91 Å². The molecular formula is C23H20BrN3O3S. The topological polar surface area (TPSA) is 79.5 Å². The van der Waals surface area contributed by atoms with E-state index in [1.54, 1.807) is 18.2 Å². The van der Waals surface area contributed by atoms with Crippen LogP contribution in [-0.2, 0) is 4.79 Å². The summed E-state index contributed by atoms with van der Waals surface area (Å²) in [7, 11) is 0. The van der Waals surface area contributed by atoms with Gasteiger partial charge in [-0.2, -0.15) is 0 Å². The lowest BCUT2D eigenvalue weighted by atomic mass is 10.0. The minimum absolute atomic E-state index is 0.0229. The molecular weight excluding hydrogens is 478 g/mol. The van der Waals surface area contributed by atoms with Gasteiger partial charge in [-0.05, 0) is 66.2 Å². The van der Waals surface area contributed by atoms with E-state index in [1.807, 2.05) is 61.5 Å². The van der Waals surface area contributed by atoms with E-state index in [-0.39, 0.29) is 17.6 Å². The van der Waals surface area contributed by atoms with E-state index in [1.165, 1.54) is 0 Å². The Hall–Kier alpha value is -3.23. The zero-order chi connectivity index (χ0) is 22.2. The quantitative estimate of drug-likeness (QED) is 0.364. The van der Waals surface area contributed by atoms with E-state index in [0.717, 1.165) is 21.2 Å². The van der Waals surface area contributed by atoms with Crippen LogP contribution in [0, 0.1) is 6.92 Å². The van der Waals surface area contributed by atoms with Crippen molar-refractivity contribution in [1.29, 1.82) is 0 Å². The summed E-state index contributed by atoms with van der Waals surface area (Å²) in [6.45, 7) is 1.68. The van der Waals surface area contributed by atoms with Gasteiger partial charge >= 0.3 is 0 Å². The van der Waals surface area contributed by atoms with Gasteiger partial charge in [0.25, 0.3) is 11.8 Å². The van der Waals surface area contributed by atoms with Gasteiger partial charge in [-0.3, -0.25) is 25.8 Å². The number of hydrogen-bond donors (Lipinski definition) is 3. The summed E-state index contributed by atoms with van der Waals surface area (Å²) in [5.41, 5.74) is 8.30. The fourth-order valence-corrected chi connectivity index (χ4v) is 3.35. The third-order valence-electron chi connectivity index (χ3n) is 4.29. The van der Waals surface area contributed by atoms with Crippen molar-refractivity contribution in [3.8, 4) is 16.9 Å². The molecule has 0 saturated carbocycles. The van der Waals surface area contributed by atoms with E-state index in [2.05, 4.69) is 32.1 Å². The Morgan fingerprint density at radius 3 is 2.29 bits per heavy atom. The normalized spacial score (nSPS) is 10.1. The Kier molecular flexibility index (Phi) is 7.75. The van der Waals surface area contributed by atoms with Crippen molar-refractivity contribution in [2.75, 3.05) is 6.61 Å². The zero-order valence-corrected chi connectivity index (χ0v) is 19.0. The number of aryl methyl sites for hydroxylation is 1. The van der Waals surface area contributed by atoms with Crippen molar-refractivity contribution in [2.45, 2.75) is 6.92 Å². The van der Waals surface area contributed by atoms with Gasteiger partial charge in [0.05, 0.1) is 0 Å². The van der Waals surface area contributed by atoms with Crippen LogP contribution in [0.1, 0.15) is 15.9 Å². The molecule has 0 fully saturated rings. The number of amides is 2. The molecule has 0 atom stereocenters. The Morgan fingerprint density at radius 1 is 0.935 bits per heavy atom. The van der Waals surface area contributed by atoms with Crippen LogP contribution in [0.25, 0.3) is 11.1 Å². The number of benzene rings is 3. The molecule has 3 aromatic carbocycles. The summed E-state index contributed by atoms with van der Waals surface area (Å²) < 4.78 is 6.41. The van der Waals surface area contributed by atoms with Crippen LogP contribution in [0.2, 0.25) is 0 Å². The molecule has 0 aliphatic heterocycles. The number of carbonyl (C=O) groups is 2. The minimum atomic E-state index is -0.439. The molecule has 0 bridgehead atoms. The minimum Gasteiger partial charge on any atom is -0.483 e. The van der Waals surface area contributed by atoms with Crippen molar-refractivity contribution in [2.24, 2.45) is 0 Å². The summed E-state index contributed by atoms with van der Waals surface area (Å²) in [6.07, 6.45) is 0. The molecule has 2 amide bonds. The monoisotopic (exact) mass is 497 g/mol. The highest BCUT2D eigenvalue weighted by atomic mass is 79.9. The van der Waals surface area contributed by atoms with Crippen LogP contribution in [0.4, 0.5) is 0 Å². The van der Waals surface area contributed by atoms with Crippen molar-refractivity contribution >= 4 is 45.1 Å². The first kappa shape index (κ1) is 22.5. The number of nitrogens with one attached hydrogen (secondary N) is 3. The molecule has 0 saturated heterocycles. The lowest BCUT2D eigenvalue weighted by Crippen LogP contribution is -2.49. The predicted octanol–water partition coefficient (Wildman–Crippen LogP) is 4.14. The maximum Gasteiger partial charge on any atom is 0.276 e. The highest BCUT2D eigenvalue weighted by Gasteiger charge is 2.10. The molecule has 0 aromatic heterocycles. The zero-order valence-electron chi connectivity index (χ0n) is 16.6. The second-order valence-corrected chi connectivity index (χ2v) is 7.92.